The fraction of sp³-hybridized carbons (Fsp3) is 0.562. The van der Waals surface area contributed by atoms with E-state index in [-0.39, 0.29) is 5.91 Å². The van der Waals surface area contributed by atoms with Gasteiger partial charge in [-0.2, -0.15) is 0 Å². The Kier molecular flexibility index (Phi) is 5.40. The van der Waals surface area contributed by atoms with Gasteiger partial charge in [-0.15, -0.1) is 0 Å². The van der Waals surface area contributed by atoms with E-state index in [0.29, 0.717) is 12.3 Å². The topological polar surface area (TPSA) is 41.1 Å². The van der Waals surface area contributed by atoms with Crippen LogP contribution in [0.3, 0.4) is 0 Å². The van der Waals surface area contributed by atoms with Gasteiger partial charge in [0.15, 0.2) is 0 Å². The molecule has 0 saturated heterocycles. The first-order valence-electron chi connectivity index (χ1n) is 7.27. The number of hydrogen-bond donors (Lipinski definition) is 2. The van der Waals surface area contributed by atoms with Crippen LogP contribution in [-0.2, 0) is 17.6 Å². The van der Waals surface area contributed by atoms with Gasteiger partial charge in [0.1, 0.15) is 0 Å². The molecule has 19 heavy (non-hydrogen) atoms. The number of carbonyl (C=O) groups excluding carboxylic acids is 1. The molecule has 0 fully saturated rings. The molecule has 0 bridgehead atoms. The fourth-order valence-electron chi connectivity index (χ4n) is 2.77. The third-order valence-electron chi connectivity index (χ3n) is 3.85. The maximum absolute atomic E-state index is 11.9. The molecule has 1 aromatic rings. The lowest BCUT2D eigenvalue weighted by Gasteiger charge is -2.24. The molecule has 1 aromatic carbocycles. The van der Waals surface area contributed by atoms with Gasteiger partial charge in [-0.25, -0.2) is 0 Å². The van der Waals surface area contributed by atoms with Gasteiger partial charge >= 0.3 is 0 Å². The molecule has 1 atom stereocenters. The molecule has 0 radical (unpaired) electrons. The smallest absolute Gasteiger partial charge is 0.220 e. The highest BCUT2D eigenvalue weighted by Gasteiger charge is 2.20. The first-order valence-corrected chi connectivity index (χ1v) is 7.27. The summed E-state index contributed by atoms with van der Waals surface area (Å²) in [6.07, 6.45) is 4.98. The normalized spacial score (nSPS) is 17.8. The molecular weight excluding hydrogens is 236 g/mol. The minimum atomic E-state index is 0.209. The highest BCUT2D eigenvalue weighted by atomic mass is 16.1. The summed E-state index contributed by atoms with van der Waals surface area (Å²) in [4.78, 5) is 11.9. The Labute approximate surface area is 115 Å². The van der Waals surface area contributed by atoms with Crippen LogP contribution in [0.15, 0.2) is 24.3 Å². The molecule has 1 aliphatic rings. The highest BCUT2D eigenvalue weighted by molar-refractivity contribution is 5.76. The number of fused-ring (bicyclic) bond motifs is 1. The molecule has 3 heteroatoms. The molecule has 0 aromatic heterocycles. The lowest BCUT2D eigenvalue weighted by atomic mass is 9.82. The predicted octanol–water partition coefficient (Wildman–Crippen LogP) is 1.91. The Hall–Kier alpha value is -1.35. The first kappa shape index (κ1) is 14.1. The summed E-state index contributed by atoms with van der Waals surface area (Å²) in [6, 6.07) is 8.61. The van der Waals surface area contributed by atoms with E-state index in [4.69, 9.17) is 0 Å². The van der Waals surface area contributed by atoms with Gasteiger partial charge in [0.2, 0.25) is 5.91 Å². The highest BCUT2D eigenvalue weighted by Crippen LogP contribution is 2.27. The summed E-state index contributed by atoms with van der Waals surface area (Å²) in [5.41, 5.74) is 2.90. The molecule has 0 aliphatic heterocycles. The number of carbonyl (C=O) groups is 1. The number of rotatable bonds is 6. The quantitative estimate of drug-likeness (QED) is 0.767. The average molecular weight is 260 g/mol. The lowest BCUT2D eigenvalue weighted by Crippen LogP contribution is -2.29. The number of benzene rings is 1. The van der Waals surface area contributed by atoms with Crippen LogP contribution in [-0.4, -0.2) is 26.0 Å². The first-order chi connectivity index (χ1) is 9.29. The Balaban J connectivity index is 1.74. The fourth-order valence-corrected chi connectivity index (χ4v) is 2.77. The van der Waals surface area contributed by atoms with Crippen LogP contribution in [0.1, 0.15) is 30.4 Å². The van der Waals surface area contributed by atoms with Crippen LogP contribution in [0.25, 0.3) is 0 Å². The Morgan fingerprint density at radius 2 is 2.05 bits per heavy atom. The molecule has 3 nitrogen and oxygen atoms in total. The average Bonchev–Trinajstić information content (AvgIpc) is 2.43. The largest absolute Gasteiger partial charge is 0.356 e. The Morgan fingerprint density at radius 3 is 2.84 bits per heavy atom. The van der Waals surface area contributed by atoms with Crippen LogP contribution < -0.4 is 10.6 Å². The molecular formula is C16H24N2O. The number of aryl methyl sites for hydroxylation is 1. The standard InChI is InChI=1S/C16H24N2O/c1-17-9-4-10-18-16(19)12-13-7-8-14-5-2-3-6-15(14)11-13/h2-3,5-6,13,17H,4,7-12H2,1H3,(H,18,19). The van der Waals surface area contributed by atoms with Crippen molar-refractivity contribution in [1.82, 2.24) is 10.6 Å². The molecule has 1 unspecified atom stereocenters. The second-order valence-electron chi connectivity index (χ2n) is 5.39. The zero-order valence-corrected chi connectivity index (χ0v) is 11.7. The van der Waals surface area contributed by atoms with E-state index in [1.165, 1.54) is 11.1 Å². The van der Waals surface area contributed by atoms with Crippen molar-refractivity contribution in [2.24, 2.45) is 5.92 Å². The third-order valence-corrected chi connectivity index (χ3v) is 3.85. The van der Waals surface area contributed by atoms with E-state index in [9.17, 15) is 4.79 Å². The van der Waals surface area contributed by atoms with Crippen LogP contribution in [0, 0.1) is 5.92 Å². The van der Waals surface area contributed by atoms with Crippen molar-refractivity contribution < 1.29 is 4.79 Å². The van der Waals surface area contributed by atoms with Crippen LogP contribution in [0.4, 0.5) is 0 Å². The molecule has 2 rings (SSSR count). The van der Waals surface area contributed by atoms with Crippen molar-refractivity contribution in [2.75, 3.05) is 20.1 Å². The van der Waals surface area contributed by atoms with Gasteiger partial charge in [0.05, 0.1) is 0 Å². The Bertz CT molecular complexity index is 417. The van der Waals surface area contributed by atoms with Crippen LogP contribution in [0.2, 0.25) is 0 Å². The van der Waals surface area contributed by atoms with Crippen molar-refractivity contribution in [3.05, 3.63) is 35.4 Å². The van der Waals surface area contributed by atoms with E-state index < -0.39 is 0 Å². The van der Waals surface area contributed by atoms with E-state index in [0.717, 1.165) is 38.8 Å². The van der Waals surface area contributed by atoms with Crippen molar-refractivity contribution in [2.45, 2.75) is 32.1 Å². The van der Waals surface area contributed by atoms with Crippen molar-refractivity contribution in [1.29, 1.82) is 0 Å². The molecule has 2 N–H and O–H groups in total. The summed E-state index contributed by atoms with van der Waals surface area (Å²) in [7, 11) is 1.93. The van der Waals surface area contributed by atoms with Crippen molar-refractivity contribution >= 4 is 5.91 Å². The zero-order chi connectivity index (χ0) is 13.5. The monoisotopic (exact) mass is 260 g/mol. The second kappa shape index (κ2) is 7.29. The van der Waals surface area contributed by atoms with Crippen LogP contribution in [0.5, 0.6) is 0 Å². The summed E-state index contributed by atoms with van der Waals surface area (Å²) in [6.45, 7) is 1.74. The molecule has 0 spiro atoms. The minimum absolute atomic E-state index is 0.209. The maximum atomic E-state index is 11.9. The Morgan fingerprint density at radius 1 is 1.26 bits per heavy atom. The molecule has 0 saturated carbocycles. The second-order valence-corrected chi connectivity index (χ2v) is 5.39. The number of hydrogen-bond acceptors (Lipinski definition) is 2. The van der Waals surface area contributed by atoms with E-state index in [2.05, 4.69) is 34.9 Å². The van der Waals surface area contributed by atoms with E-state index in [1.54, 1.807) is 0 Å². The number of nitrogens with one attached hydrogen (secondary N) is 2. The van der Waals surface area contributed by atoms with Gasteiger partial charge in [-0.05, 0) is 56.3 Å². The van der Waals surface area contributed by atoms with Gasteiger partial charge in [-0.3, -0.25) is 4.79 Å². The molecule has 1 amide bonds. The minimum Gasteiger partial charge on any atom is -0.356 e. The van der Waals surface area contributed by atoms with Crippen molar-refractivity contribution in [3.8, 4) is 0 Å². The van der Waals surface area contributed by atoms with Gasteiger partial charge in [0, 0.05) is 13.0 Å². The third kappa shape index (κ3) is 4.35. The van der Waals surface area contributed by atoms with Gasteiger partial charge in [-0.1, -0.05) is 24.3 Å². The van der Waals surface area contributed by atoms with E-state index >= 15 is 0 Å². The predicted molar refractivity (Wildman–Crippen MR) is 78.1 cm³/mol. The van der Waals surface area contributed by atoms with E-state index in [1.807, 2.05) is 7.05 Å². The molecule has 104 valence electrons. The summed E-state index contributed by atoms with van der Waals surface area (Å²) < 4.78 is 0. The van der Waals surface area contributed by atoms with Gasteiger partial charge in [0.25, 0.3) is 0 Å². The summed E-state index contributed by atoms with van der Waals surface area (Å²) in [5, 5.41) is 6.09. The molecule has 0 heterocycles. The molecule has 1 aliphatic carbocycles. The number of amides is 1. The SMILES string of the molecule is CNCCCNC(=O)CC1CCc2ccccc2C1. The summed E-state index contributed by atoms with van der Waals surface area (Å²) >= 11 is 0. The summed E-state index contributed by atoms with van der Waals surface area (Å²) in [5.74, 6) is 0.722. The van der Waals surface area contributed by atoms with Crippen LogP contribution >= 0.6 is 0 Å². The lowest BCUT2D eigenvalue weighted by molar-refractivity contribution is -0.122. The van der Waals surface area contributed by atoms with Gasteiger partial charge < -0.3 is 10.6 Å². The maximum Gasteiger partial charge on any atom is 0.220 e. The van der Waals surface area contributed by atoms with Crippen molar-refractivity contribution in [3.63, 3.8) is 0 Å². The zero-order valence-electron chi connectivity index (χ0n) is 11.7.